The van der Waals surface area contributed by atoms with Gasteiger partial charge >= 0.3 is 5.97 Å². The molecule has 0 saturated carbocycles. The minimum atomic E-state index is -0.147. The summed E-state index contributed by atoms with van der Waals surface area (Å²) in [4.78, 5) is 16.3. The Balaban J connectivity index is 4.03. The first-order chi connectivity index (χ1) is 6.45. The van der Waals surface area contributed by atoms with Crippen LogP contribution in [-0.2, 0) is 9.63 Å². The second-order valence-corrected chi connectivity index (χ2v) is 4.45. The standard InChI is InChI=1S/C11H23NO2/c1-6-11(13)14-12(7-9(2)3)8-10(4)5/h9-10H,6-8H2,1-5H3. The predicted octanol–water partition coefficient (Wildman–Crippen LogP) is 2.47. The van der Waals surface area contributed by atoms with Crippen LogP contribution in [0.15, 0.2) is 0 Å². The highest BCUT2D eigenvalue weighted by Gasteiger charge is 2.13. The minimum absolute atomic E-state index is 0.147. The third-order valence-corrected chi connectivity index (χ3v) is 1.66. The molecule has 0 atom stereocenters. The highest BCUT2D eigenvalue weighted by molar-refractivity contribution is 5.68. The molecular formula is C11H23NO2. The number of hydroxylamine groups is 2. The molecule has 0 rings (SSSR count). The first kappa shape index (κ1) is 13.4. The lowest BCUT2D eigenvalue weighted by Gasteiger charge is -2.24. The normalized spacial score (nSPS) is 11.4. The average Bonchev–Trinajstić information content (AvgIpc) is 2.01. The summed E-state index contributed by atoms with van der Waals surface area (Å²) in [6, 6.07) is 0. The van der Waals surface area contributed by atoms with Crippen molar-refractivity contribution in [3.63, 3.8) is 0 Å². The summed E-state index contributed by atoms with van der Waals surface area (Å²) in [6.07, 6.45) is 0.437. The molecule has 0 amide bonds. The van der Waals surface area contributed by atoms with Gasteiger partial charge < -0.3 is 4.84 Å². The van der Waals surface area contributed by atoms with Gasteiger partial charge in [-0.3, -0.25) is 4.79 Å². The molecule has 0 bridgehead atoms. The molecule has 0 fully saturated rings. The second-order valence-electron chi connectivity index (χ2n) is 4.45. The Bertz CT molecular complexity index is 157. The lowest BCUT2D eigenvalue weighted by Crippen LogP contribution is -2.33. The van der Waals surface area contributed by atoms with E-state index in [0.717, 1.165) is 13.1 Å². The van der Waals surface area contributed by atoms with Crippen LogP contribution in [-0.4, -0.2) is 24.1 Å². The van der Waals surface area contributed by atoms with Crippen LogP contribution in [0.3, 0.4) is 0 Å². The molecule has 0 heterocycles. The molecule has 0 aliphatic rings. The van der Waals surface area contributed by atoms with E-state index in [1.807, 2.05) is 6.92 Å². The molecule has 0 saturated heterocycles. The topological polar surface area (TPSA) is 29.5 Å². The predicted molar refractivity (Wildman–Crippen MR) is 57.6 cm³/mol. The molecule has 84 valence electrons. The van der Waals surface area contributed by atoms with Crippen molar-refractivity contribution in [2.75, 3.05) is 13.1 Å². The Morgan fingerprint density at radius 3 is 1.86 bits per heavy atom. The molecule has 0 spiro atoms. The van der Waals surface area contributed by atoms with Crippen LogP contribution >= 0.6 is 0 Å². The minimum Gasteiger partial charge on any atom is -0.368 e. The first-order valence-electron chi connectivity index (χ1n) is 5.41. The molecule has 14 heavy (non-hydrogen) atoms. The van der Waals surface area contributed by atoms with E-state index in [9.17, 15) is 4.79 Å². The summed E-state index contributed by atoms with van der Waals surface area (Å²) in [5.74, 6) is 0.878. The van der Waals surface area contributed by atoms with Crippen LogP contribution in [0.4, 0.5) is 0 Å². The van der Waals surface area contributed by atoms with Crippen molar-refractivity contribution in [1.29, 1.82) is 0 Å². The number of hydrogen-bond acceptors (Lipinski definition) is 3. The Kier molecular flexibility index (Phi) is 6.54. The van der Waals surface area contributed by atoms with Crippen LogP contribution < -0.4 is 0 Å². The fourth-order valence-corrected chi connectivity index (χ4v) is 1.17. The maximum Gasteiger partial charge on any atom is 0.324 e. The lowest BCUT2D eigenvalue weighted by atomic mass is 10.2. The fraction of sp³-hybridized carbons (Fsp3) is 0.909. The highest BCUT2D eigenvalue weighted by Crippen LogP contribution is 2.05. The zero-order valence-corrected chi connectivity index (χ0v) is 10.0. The monoisotopic (exact) mass is 201 g/mol. The van der Waals surface area contributed by atoms with E-state index in [2.05, 4.69) is 27.7 Å². The van der Waals surface area contributed by atoms with Gasteiger partial charge in [0.15, 0.2) is 0 Å². The van der Waals surface area contributed by atoms with Crippen molar-refractivity contribution in [3.05, 3.63) is 0 Å². The zero-order chi connectivity index (χ0) is 11.1. The van der Waals surface area contributed by atoms with Gasteiger partial charge in [-0.2, -0.15) is 0 Å². The van der Waals surface area contributed by atoms with Crippen molar-refractivity contribution in [2.45, 2.75) is 41.0 Å². The van der Waals surface area contributed by atoms with E-state index in [1.165, 1.54) is 0 Å². The molecule has 0 aliphatic heterocycles. The van der Waals surface area contributed by atoms with E-state index in [-0.39, 0.29) is 5.97 Å². The summed E-state index contributed by atoms with van der Waals surface area (Å²) in [5, 5.41) is 1.78. The Morgan fingerprint density at radius 1 is 1.14 bits per heavy atom. The third kappa shape index (κ3) is 6.89. The summed E-state index contributed by atoms with van der Waals surface area (Å²) in [5.41, 5.74) is 0. The van der Waals surface area contributed by atoms with Gasteiger partial charge in [0.2, 0.25) is 0 Å². The molecule has 0 aromatic rings. The van der Waals surface area contributed by atoms with Gasteiger partial charge in [-0.1, -0.05) is 34.6 Å². The first-order valence-corrected chi connectivity index (χ1v) is 5.41. The molecule has 0 aromatic carbocycles. The van der Waals surface area contributed by atoms with Crippen LogP contribution in [0, 0.1) is 11.8 Å². The van der Waals surface area contributed by atoms with E-state index >= 15 is 0 Å². The third-order valence-electron chi connectivity index (χ3n) is 1.66. The maximum atomic E-state index is 11.1. The van der Waals surface area contributed by atoms with Gasteiger partial charge in [0.1, 0.15) is 0 Å². The van der Waals surface area contributed by atoms with Crippen LogP contribution in [0.2, 0.25) is 0 Å². The smallest absolute Gasteiger partial charge is 0.324 e. The van der Waals surface area contributed by atoms with Gasteiger partial charge in [-0.25, -0.2) is 0 Å². The van der Waals surface area contributed by atoms with Crippen molar-refractivity contribution < 1.29 is 9.63 Å². The van der Waals surface area contributed by atoms with E-state index < -0.39 is 0 Å². The number of hydrogen-bond donors (Lipinski definition) is 0. The largest absolute Gasteiger partial charge is 0.368 e. The zero-order valence-electron chi connectivity index (χ0n) is 10.0. The quantitative estimate of drug-likeness (QED) is 0.618. The molecular weight excluding hydrogens is 178 g/mol. The van der Waals surface area contributed by atoms with E-state index in [1.54, 1.807) is 5.06 Å². The van der Waals surface area contributed by atoms with Crippen LogP contribution in [0.1, 0.15) is 41.0 Å². The summed E-state index contributed by atoms with van der Waals surface area (Å²) >= 11 is 0. The molecule has 0 N–H and O–H groups in total. The van der Waals surface area contributed by atoms with Gasteiger partial charge in [0.25, 0.3) is 0 Å². The van der Waals surface area contributed by atoms with Crippen molar-refractivity contribution in [1.82, 2.24) is 5.06 Å². The van der Waals surface area contributed by atoms with Gasteiger partial charge in [0.05, 0.1) is 0 Å². The Morgan fingerprint density at radius 2 is 1.57 bits per heavy atom. The van der Waals surface area contributed by atoms with E-state index in [4.69, 9.17) is 4.84 Å². The second kappa shape index (κ2) is 6.82. The fourth-order valence-electron chi connectivity index (χ4n) is 1.17. The molecule has 0 unspecified atom stereocenters. The SMILES string of the molecule is CCC(=O)ON(CC(C)C)CC(C)C. The molecule has 3 heteroatoms. The molecule has 3 nitrogen and oxygen atoms in total. The maximum absolute atomic E-state index is 11.1. The summed E-state index contributed by atoms with van der Waals surface area (Å²) in [6.45, 7) is 11.9. The highest BCUT2D eigenvalue weighted by atomic mass is 16.7. The van der Waals surface area contributed by atoms with Crippen molar-refractivity contribution in [3.8, 4) is 0 Å². The van der Waals surface area contributed by atoms with Crippen molar-refractivity contribution >= 4 is 5.97 Å². The molecule has 0 aliphatic carbocycles. The molecule has 0 aromatic heterocycles. The van der Waals surface area contributed by atoms with Crippen LogP contribution in [0.5, 0.6) is 0 Å². The van der Waals surface area contributed by atoms with Gasteiger partial charge in [-0.05, 0) is 11.8 Å². The van der Waals surface area contributed by atoms with Crippen LogP contribution in [0.25, 0.3) is 0 Å². The Labute approximate surface area is 87.4 Å². The van der Waals surface area contributed by atoms with E-state index in [0.29, 0.717) is 18.3 Å². The number of carbonyl (C=O) groups excluding carboxylic acids is 1. The molecule has 0 radical (unpaired) electrons. The van der Waals surface area contributed by atoms with Gasteiger partial charge in [-0.15, -0.1) is 5.06 Å². The lowest BCUT2D eigenvalue weighted by molar-refractivity contribution is -0.194. The summed E-state index contributed by atoms with van der Waals surface area (Å²) in [7, 11) is 0. The summed E-state index contributed by atoms with van der Waals surface area (Å²) < 4.78 is 0. The Hall–Kier alpha value is -0.570. The number of carbonyl (C=O) groups is 1. The average molecular weight is 201 g/mol. The van der Waals surface area contributed by atoms with Crippen molar-refractivity contribution in [2.24, 2.45) is 11.8 Å². The van der Waals surface area contributed by atoms with Gasteiger partial charge in [0, 0.05) is 19.5 Å². The number of nitrogens with zero attached hydrogens (tertiary/aromatic N) is 1. The number of rotatable bonds is 6.